The zero-order valence-electron chi connectivity index (χ0n) is 16.2. The Kier molecular flexibility index (Phi) is 5.05. The smallest absolute Gasteiger partial charge is 0.406 e. The summed E-state index contributed by atoms with van der Waals surface area (Å²) in [7, 11) is 0. The summed E-state index contributed by atoms with van der Waals surface area (Å²) in [6, 6.07) is 4.86. The number of hydrogen-bond donors (Lipinski definition) is 1. The molecule has 0 bridgehead atoms. The van der Waals surface area contributed by atoms with E-state index in [9.17, 15) is 22.8 Å². The van der Waals surface area contributed by atoms with E-state index in [4.69, 9.17) is 0 Å². The number of alkyl halides is 3. The topological polar surface area (TPSA) is 73.2 Å². The molecule has 4 rings (SSSR count). The first kappa shape index (κ1) is 20.4. The molecule has 1 aliphatic rings. The third kappa shape index (κ3) is 3.79. The number of carbonyl (C=O) groups excluding carboxylic acids is 1. The van der Waals surface area contributed by atoms with Gasteiger partial charge in [0.1, 0.15) is 16.4 Å². The predicted octanol–water partition coefficient (Wildman–Crippen LogP) is 4.10. The molecule has 0 saturated heterocycles. The number of fused-ring (bicyclic) bond motifs is 2. The lowest BCUT2D eigenvalue weighted by atomic mass is 10.1. The zero-order valence-corrected chi connectivity index (χ0v) is 17.0. The summed E-state index contributed by atoms with van der Waals surface area (Å²) in [4.78, 5) is 31.1. The number of hydrogen-bond acceptors (Lipinski definition) is 5. The van der Waals surface area contributed by atoms with Crippen molar-refractivity contribution in [2.24, 2.45) is 0 Å². The van der Waals surface area contributed by atoms with Crippen LogP contribution in [0.15, 0.2) is 29.1 Å². The van der Waals surface area contributed by atoms with Gasteiger partial charge < -0.3 is 10.1 Å². The van der Waals surface area contributed by atoms with E-state index in [0.717, 1.165) is 18.7 Å². The number of benzene rings is 1. The Hall–Kier alpha value is -2.88. The Labute approximate surface area is 173 Å². The molecule has 0 spiro atoms. The maximum absolute atomic E-state index is 12.8. The van der Waals surface area contributed by atoms with E-state index in [0.29, 0.717) is 32.8 Å². The number of rotatable bonds is 4. The zero-order chi connectivity index (χ0) is 21.6. The molecule has 1 amide bonds. The van der Waals surface area contributed by atoms with Crippen LogP contribution in [0.5, 0.6) is 5.75 Å². The van der Waals surface area contributed by atoms with Gasteiger partial charge in [-0.2, -0.15) is 0 Å². The van der Waals surface area contributed by atoms with Crippen LogP contribution in [0.1, 0.15) is 46.0 Å². The monoisotopic (exact) mass is 437 g/mol. The van der Waals surface area contributed by atoms with Gasteiger partial charge >= 0.3 is 6.36 Å². The molecule has 6 nitrogen and oxygen atoms in total. The Balaban J connectivity index is 1.55. The molecule has 0 radical (unpaired) electrons. The third-order valence-corrected chi connectivity index (χ3v) is 6.26. The van der Waals surface area contributed by atoms with Crippen LogP contribution in [0.2, 0.25) is 0 Å². The van der Waals surface area contributed by atoms with Gasteiger partial charge in [0.15, 0.2) is 0 Å². The van der Waals surface area contributed by atoms with Crippen molar-refractivity contribution in [1.29, 1.82) is 0 Å². The molecule has 158 valence electrons. The molecule has 1 aliphatic heterocycles. The highest BCUT2D eigenvalue weighted by Crippen LogP contribution is 2.29. The largest absolute Gasteiger partial charge is 0.573 e. The van der Waals surface area contributed by atoms with Crippen LogP contribution < -0.4 is 15.6 Å². The third-order valence-electron chi connectivity index (χ3n) is 5.08. The summed E-state index contributed by atoms with van der Waals surface area (Å²) < 4.78 is 42.4. The molecule has 1 unspecified atom stereocenters. The summed E-state index contributed by atoms with van der Waals surface area (Å²) in [5.74, 6) is 0.0585. The molecular formula is C20H18F3N3O3S. The van der Waals surface area contributed by atoms with Crippen molar-refractivity contribution in [3.63, 3.8) is 0 Å². The molecule has 0 fully saturated rings. The fraction of sp³-hybridized carbons (Fsp3) is 0.350. The summed E-state index contributed by atoms with van der Waals surface area (Å²) in [5.41, 5.74) is 1.09. The second-order valence-electron chi connectivity index (χ2n) is 7.14. The first-order valence-electron chi connectivity index (χ1n) is 9.33. The summed E-state index contributed by atoms with van der Waals surface area (Å²) in [6.07, 6.45) is -3.13. The minimum Gasteiger partial charge on any atom is -0.406 e. The maximum atomic E-state index is 12.8. The SMILES string of the molecule is Cc1c(C(=O)NC(C)c2ccc(OC(F)(F)F)cc2)sc2nc3n(c(=O)c12)CCC3. The Bertz CT molecular complexity index is 1180. The Morgan fingerprint density at radius 1 is 1.30 bits per heavy atom. The number of aromatic nitrogens is 2. The molecule has 3 heterocycles. The molecule has 2 aromatic heterocycles. The number of halogens is 3. The molecule has 0 aliphatic carbocycles. The van der Waals surface area contributed by atoms with Crippen molar-refractivity contribution in [2.75, 3.05) is 0 Å². The summed E-state index contributed by atoms with van der Waals surface area (Å²) >= 11 is 1.18. The van der Waals surface area contributed by atoms with E-state index < -0.39 is 12.4 Å². The second-order valence-corrected chi connectivity index (χ2v) is 8.14. The van der Waals surface area contributed by atoms with Gasteiger partial charge in [0, 0.05) is 13.0 Å². The molecule has 1 atom stereocenters. The molecule has 0 saturated carbocycles. The fourth-order valence-corrected chi connectivity index (χ4v) is 4.69. The van der Waals surface area contributed by atoms with Gasteiger partial charge in [0.2, 0.25) is 0 Å². The fourth-order valence-electron chi connectivity index (χ4n) is 3.60. The van der Waals surface area contributed by atoms with Crippen molar-refractivity contribution < 1.29 is 22.7 Å². The van der Waals surface area contributed by atoms with E-state index in [1.807, 2.05) is 0 Å². The van der Waals surface area contributed by atoms with E-state index in [2.05, 4.69) is 15.0 Å². The number of ether oxygens (including phenoxy) is 1. The average Bonchev–Trinajstić information content (AvgIpc) is 3.26. The minimum absolute atomic E-state index is 0.117. The molecule has 10 heteroatoms. The highest BCUT2D eigenvalue weighted by molar-refractivity contribution is 7.20. The van der Waals surface area contributed by atoms with Crippen molar-refractivity contribution >= 4 is 27.5 Å². The number of aryl methyl sites for hydroxylation is 2. The number of thiophene rings is 1. The highest BCUT2D eigenvalue weighted by Gasteiger charge is 2.31. The minimum atomic E-state index is -4.76. The van der Waals surface area contributed by atoms with E-state index in [1.165, 1.54) is 35.6 Å². The molecule has 1 N–H and O–H groups in total. The van der Waals surface area contributed by atoms with Crippen LogP contribution in [0.3, 0.4) is 0 Å². The Morgan fingerprint density at radius 3 is 2.67 bits per heavy atom. The number of nitrogens with zero attached hydrogens (tertiary/aromatic N) is 2. The van der Waals surface area contributed by atoms with Crippen LogP contribution in [0.4, 0.5) is 13.2 Å². The number of amides is 1. The van der Waals surface area contributed by atoms with Gasteiger partial charge in [-0.15, -0.1) is 24.5 Å². The molecule has 30 heavy (non-hydrogen) atoms. The normalized spacial score (nSPS) is 14.6. The maximum Gasteiger partial charge on any atom is 0.573 e. The van der Waals surface area contributed by atoms with Crippen LogP contribution in [-0.4, -0.2) is 21.8 Å². The first-order chi connectivity index (χ1) is 14.1. The van der Waals surface area contributed by atoms with Crippen LogP contribution in [-0.2, 0) is 13.0 Å². The van der Waals surface area contributed by atoms with Crippen LogP contribution in [0, 0.1) is 6.92 Å². The van der Waals surface area contributed by atoms with E-state index >= 15 is 0 Å². The molecule has 1 aromatic carbocycles. The number of carbonyl (C=O) groups is 1. The molecular weight excluding hydrogens is 419 g/mol. The van der Waals surface area contributed by atoms with Crippen LogP contribution in [0.25, 0.3) is 10.2 Å². The molecule has 3 aromatic rings. The highest BCUT2D eigenvalue weighted by atomic mass is 32.1. The Morgan fingerprint density at radius 2 is 2.00 bits per heavy atom. The lowest BCUT2D eigenvalue weighted by Gasteiger charge is -2.15. The standard InChI is InChI=1S/C20H18F3N3O3S/c1-10-15-18(25-14-4-3-9-26(14)19(15)28)30-16(10)17(27)24-11(2)12-5-7-13(8-6-12)29-20(21,22)23/h5-8,11H,3-4,9H2,1-2H3,(H,24,27). The second kappa shape index (κ2) is 7.42. The van der Waals surface area contributed by atoms with Crippen LogP contribution >= 0.6 is 11.3 Å². The number of nitrogens with one attached hydrogen (secondary N) is 1. The average molecular weight is 437 g/mol. The van der Waals surface area contributed by atoms with Gasteiger partial charge in [0.05, 0.1) is 16.3 Å². The lowest BCUT2D eigenvalue weighted by molar-refractivity contribution is -0.274. The van der Waals surface area contributed by atoms with Gasteiger partial charge in [-0.1, -0.05) is 12.1 Å². The van der Waals surface area contributed by atoms with Gasteiger partial charge in [-0.05, 0) is 43.5 Å². The van der Waals surface area contributed by atoms with Gasteiger partial charge in [-0.3, -0.25) is 14.2 Å². The van der Waals surface area contributed by atoms with E-state index in [1.54, 1.807) is 18.4 Å². The van der Waals surface area contributed by atoms with Crippen molar-refractivity contribution in [3.8, 4) is 5.75 Å². The lowest BCUT2D eigenvalue weighted by Crippen LogP contribution is -2.26. The quantitative estimate of drug-likeness (QED) is 0.667. The summed E-state index contributed by atoms with van der Waals surface area (Å²) in [5, 5.41) is 3.30. The first-order valence-corrected chi connectivity index (χ1v) is 10.1. The van der Waals surface area contributed by atoms with Crippen molar-refractivity contribution in [1.82, 2.24) is 14.9 Å². The van der Waals surface area contributed by atoms with E-state index in [-0.39, 0.29) is 17.2 Å². The summed E-state index contributed by atoms with van der Waals surface area (Å²) in [6.45, 7) is 4.09. The van der Waals surface area contributed by atoms with Crippen molar-refractivity contribution in [2.45, 2.75) is 45.6 Å². The van der Waals surface area contributed by atoms with Gasteiger partial charge in [-0.25, -0.2) is 4.98 Å². The van der Waals surface area contributed by atoms with Gasteiger partial charge in [0.25, 0.3) is 11.5 Å². The predicted molar refractivity (Wildman–Crippen MR) is 106 cm³/mol. The van der Waals surface area contributed by atoms with Crippen molar-refractivity contribution in [3.05, 3.63) is 56.4 Å².